The smallest absolute Gasteiger partial charge is 0.354 e. The van der Waals surface area contributed by atoms with E-state index in [2.05, 4.69) is 4.98 Å². The van der Waals surface area contributed by atoms with Crippen molar-refractivity contribution in [2.45, 2.75) is 6.92 Å². The first-order valence-corrected chi connectivity index (χ1v) is 5.24. The molecule has 82 valence electrons. The third-order valence-corrected chi connectivity index (χ3v) is 2.74. The van der Waals surface area contributed by atoms with Crippen molar-refractivity contribution in [3.63, 3.8) is 0 Å². The first-order chi connectivity index (χ1) is 7.49. The zero-order valence-electron chi connectivity index (χ0n) is 8.29. The van der Waals surface area contributed by atoms with E-state index in [1.54, 1.807) is 25.1 Å². The topological polar surface area (TPSA) is 50.2 Å². The van der Waals surface area contributed by atoms with Gasteiger partial charge in [0.25, 0.3) is 0 Å². The fourth-order valence-corrected chi connectivity index (χ4v) is 2.08. The third-order valence-electron chi connectivity index (χ3n) is 2.23. The second-order valence-electron chi connectivity index (χ2n) is 3.42. The van der Waals surface area contributed by atoms with Gasteiger partial charge in [-0.2, -0.15) is 0 Å². The lowest BCUT2D eigenvalue weighted by Gasteiger charge is -2.05. The maximum atomic E-state index is 10.9. The minimum absolute atomic E-state index is 0.0109. The highest BCUT2D eigenvalue weighted by atomic mass is 35.5. The molecule has 0 radical (unpaired) electrons. The highest BCUT2D eigenvalue weighted by Gasteiger charge is 2.12. The van der Waals surface area contributed by atoms with Crippen LogP contribution in [0.1, 0.15) is 16.1 Å². The predicted octanol–water partition coefficient (Wildman–Crippen LogP) is 3.55. The van der Waals surface area contributed by atoms with Gasteiger partial charge in [0, 0.05) is 10.4 Å². The lowest BCUT2D eigenvalue weighted by atomic mass is 10.1. The molecule has 0 saturated heterocycles. The second kappa shape index (κ2) is 3.92. The van der Waals surface area contributed by atoms with Crippen LogP contribution in [0.25, 0.3) is 10.9 Å². The number of carboxylic acids is 1. The normalized spacial score (nSPS) is 10.7. The number of carbonyl (C=O) groups is 1. The Morgan fingerprint density at radius 3 is 2.62 bits per heavy atom. The van der Waals surface area contributed by atoms with E-state index in [0.717, 1.165) is 5.39 Å². The first kappa shape index (κ1) is 11.2. The number of aryl methyl sites for hydroxylation is 1. The van der Waals surface area contributed by atoms with E-state index in [1.807, 2.05) is 0 Å². The molecule has 1 aromatic carbocycles. The van der Waals surface area contributed by atoms with E-state index in [4.69, 9.17) is 28.3 Å². The van der Waals surface area contributed by atoms with Crippen molar-refractivity contribution >= 4 is 40.1 Å². The molecule has 1 aromatic heterocycles. The summed E-state index contributed by atoms with van der Waals surface area (Å²) in [5.74, 6) is -1.06. The van der Waals surface area contributed by atoms with Crippen molar-refractivity contribution in [1.82, 2.24) is 4.98 Å². The fraction of sp³-hybridized carbons (Fsp3) is 0.0909. The summed E-state index contributed by atoms with van der Waals surface area (Å²) in [6, 6.07) is 4.96. The number of nitrogens with zero attached hydrogens (tertiary/aromatic N) is 1. The maximum Gasteiger partial charge on any atom is 0.354 e. The molecule has 0 aliphatic rings. The van der Waals surface area contributed by atoms with Gasteiger partial charge in [-0.1, -0.05) is 23.2 Å². The van der Waals surface area contributed by atoms with E-state index in [9.17, 15) is 4.79 Å². The Morgan fingerprint density at radius 2 is 2.00 bits per heavy atom. The zero-order chi connectivity index (χ0) is 11.9. The number of carboxylic acid groups (broad SMARTS) is 1. The van der Waals surface area contributed by atoms with Crippen LogP contribution in [0.4, 0.5) is 0 Å². The number of aromatic nitrogens is 1. The molecular weight excluding hydrogens is 249 g/mol. The average Bonchev–Trinajstić information content (AvgIpc) is 2.15. The Labute approximate surface area is 102 Å². The number of benzene rings is 1. The molecule has 16 heavy (non-hydrogen) atoms. The lowest BCUT2D eigenvalue weighted by Crippen LogP contribution is -2.03. The summed E-state index contributed by atoms with van der Waals surface area (Å²) in [7, 11) is 0. The summed E-state index contributed by atoms with van der Waals surface area (Å²) in [6.07, 6.45) is 0. The Bertz CT molecular complexity index is 596. The molecule has 3 nitrogen and oxygen atoms in total. The molecule has 0 aliphatic heterocycles. The maximum absolute atomic E-state index is 10.9. The number of halogens is 2. The van der Waals surface area contributed by atoms with Crippen LogP contribution in [-0.2, 0) is 0 Å². The van der Waals surface area contributed by atoms with Gasteiger partial charge in [0.15, 0.2) is 5.69 Å². The van der Waals surface area contributed by atoms with E-state index >= 15 is 0 Å². The van der Waals surface area contributed by atoms with Crippen LogP contribution in [0, 0.1) is 6.92 Å². The molecule has 0 amide bonds. The number of aromatic carboxylic acids is 1. The van der Waals surface area contributed by atoms with Crippen molar-refractivity contribution in [3.8, 4) is 0 Å². The number of rotatable bonds is 1. The Kier molecular flexibility index (Phi) is 2.74. The number of fused-ring (bicyclic) bond motifs is 1. The molecule has 1 heterocycles. The largest absolute Gasteiger partial charge is 0.477 e. The van der Waals surface area contributed by atoms with Gasteiger partial charge in [0.2, 0.25) is 0 Å². The van der Waals surface area contributed by atoms with Crippen molar-refractivity contribution in [3.05, 3.63) is 39.5 Å². The number of hydrogen-bond donors (Lipinski definition) is 1. The van der Waals surface area contributed by atoms with Crippen LogP contribution in [0.5, 0.6) is 0 Å². The van der Waals surface area contributed by atoms with Gasteiger partial charge in [0.1, 0.15) is 0 Å². The minimum atomic E-state index is -1.06. The number of pyridine rings is 1. The van der Waals surface area contributed by atoms with E-state index in [1.165, 1.54) is 0 Å². The summed E-state index contributed by atoms with van der Waals surface area (Å²) in [5.41, 5.74) is 1.05. The van der Waals surface area contributed by atoms with Gasteiger partial charge in [-0.3, -0.25) is 0 Å². The third kappa shape index (κ3) is 1.84. The summed E-state index contributed by atoms with van der Waals surface area (Å²) < 4.78 is 0. The van der Waals surface area contributed by atoms with Gasteiger partial charge < -0.3 is 5.11 Å². The number of hydrogen-bond acceptors (Lipinski definition) is 2. The molecular formula is C11H7Cl2NO2. The van der Waals surface area contributed by atoms with Crippen LogP contribution < -0.4 is 0 Å². The fourth-order valence-electron chi connectivity index (χ4n) is 1.53. The Morgan fingerprint density at radius 1 is 1.31 bits per heavy atom. The van der Waals surface area contributed by atoms with Crippen molar-refractivity contribution in [1.29, 1.82) is 0 Å². The van der Waals surface area contributed by atoms with Crippen molar-refractivity contribution in [2.24, 2.45) is 0 Å². The van der Waals surface area contributed by atoms with E-state index < -0.39 is 5.97 Å². The van der Waals surface area contributed by atoms with E-state index in [0.29, 0.717) is 21.1 Å². The zero-order valence-corrected chi connectivity index (χ0v) is 9.80. The van der Waals surface area contributed by atoms with Gasteiger partial charge in [0.05, 0.1) is 10.5 Å². The average molecular weight is 256 g/mol. The summed E-state index contributed by atoms with van der Waals surface area (Å²) in [4.78, 5) is 14.9. The Hall–Kier alpha value is -1.32. The summed E-state index contributed by atoms with van der Waals surface area (Å²) in [6.45, 7) is 1.69. The minimum Gasteiger partial charge on any atom is -0.477 e. The lowest BCUT2D eigenvalue weighted by molar-refractivity contribution is 0.0690. The second-order valence-corrected chi connectivity index (χ2v) is 4.26. The van der Waals surface area contributed by atoms with Crippen LogP contribution in [0.3, 0.4) is 0 Å². The SMILES string of the molecule is Cc1cc2cc(Cl)cc(Cl)c2nc1C(=O)O. The molecule has 1 N–H and O–H groups in total. The Balaban J connectivity index is 2.84. The van der Waals surface area contributed by atoms with E-state index in [-0.39, 0.29) is 5.69 Å². The van der Waals surface area contributed by atoms with Gasteiger partial charge in [-0.05, 0) is 30.7 Å². The molecule has 0 aliphatic carbocycles. The molecule has 0 fully saturated rings. The first-order valence-electron chi connectivity index (χ1n) is 4.48. The molecule has 2 rings (SSSR count). The summed E-state index contributed by atoms with van der Waals surface area (Å²) in [5, 5.41) is 10.5. The van der Waals surface area contributed by atoms with Crippen LogP contribution >= 0.6 is 23.2 Å². The molecule has 0 unspecified atom stereocenters. The van der Waals surface area contributed by atoms with Gasteiger partial charge in [-0.15, -0.1) is 0 Å². The molecule has 0 spiro atoms. The molecule has 0 saturated carbocycles. The van der Waals surface area contributed by atoms with Gasteiger partial charge >= 0.3 is 5.97 Å². The van der Waals surface area contributed by atoms with Gasteiger partial charge in [-0.25, -0.2) is 9.78 Å². The highest BCUT2D eigenvalue weighted by Crippen LogP contribution is 2.27. The quantitative estimate of drug-likeness (QED) is 0.848. The van der Waals surface area contributed by atoms with Crippen LogP contribution in [0.15, 0.2) is 18.2 Å². The van der Waals surface area contributed by atoms with Crippen LogP contribution in [-0.4, -0.2) is 16.1 Å². The van der Waals surface area contributed by atoms with Crippen LogP contribution in [0.2, 0.25) is 10.0 Å². The highest BCUT2D eigenvalue weighted by molar-refractivity contribution is 6.38. The monoisotopic (exact) mass is 255 g/mol. The predicted molar refractivity (Wildman–Crippen MR) is 63.5 cm³/mol. The van der Waals surface area contributed by atoms with Crippen molar-refractivity contribution in [2.75, 3.05) is 0 Å². The standard InChI is InChI=1S/C11H7Cl2NO2/c1-5-2-6-3-7(12)4-8(13)10(6)14-9(5)11(15)16/h2-4H,1H3,(H,15,16). The molecule has 2 aromatic rings. The summed E-state index contributed by atoms with van der Waals surface area (Å²) >= 11 is 11.8. The molecule has 0 bridgehead atoms. The van der Waals surface area contributed by atoms with Crippen molar-refractivity contribution < 1.29 is 9.90 Å². The molecule has 5 heteroatoms. The molecule has 0 atom stereocenters.